The zero-order chi connectivity index (χ0) is 18.5. The Morgan fingerprint density at radius 3 is 2.38 bits per heavy atom. The van der Waals surface area contributed by atoms with Crippen LogP contribution in [0.25, 0.3) is 0 Å². The lowest BCUT2D eigenvalue weighted by Gasteiger charge is -2.16. The number of nitrogens with one attached hydrogen (secondary N) is 2. The second-order valence-corrected chi connectivity index (χ2v) is 7.94. The SMILES string of the molecule is CC(=O)Nc1cc(S(=O)(=O)NCC(CC(C)C)C(=O)O)ccc1C. The molecule has 1 atom stereocenters. The summed E-state index contributed by atoms with van der Waals surface area (Å²) in [4.78, 5) is 22.4. The summed E-state index contributed by atoms with van der Waals surface area (Å²) in [6, 6.07) is 4.36. The van der Waals surface area contributed by atoms with E-state index in [1.54, 1.807) is 13.0 Å². The second kappa shape index (κ2) is 8.25. The molecule has 24 heavy (non-hydrogen) atoms. The zero-order valence-corrected chi connectivity index (χ0v) is 15.1. The summed E-state index contributed by atoms with van der Waals surface area (Å²) in [5.41, 5.74) is 1.13. The van der Waals surface area contributed by atoms with Crippen LogP contribution in [0.3, 0.4) is 0 Å². The van der Waals surface area contributed by atoms with E-state index >= 15 is 0 Å². The Balaban J connectivity index is 2.95. The Labute approximate surface area is 142 Å². The average molecular weight is 356 g/mol. The van der Waals surface area contributed by atoms with E-state index in [9.17, 15) is 23.1 Å². The molecule has 8 heteroatoms. The van der Waals surface area contributed by atoms with Gasteiger partial charge >= 0.3 is 5.97 Å². The van der Waals surface area contributed by atoms with E-state index < -0.39 is 21.9 Å². The average Bonchev–Trinajstić information content (AvgIpc) is 2.44. The summed E-state index contributed by atoms with van der Waals surface area (Å²) < 4.78 is 27.1. The number of carboxylic acid groups (broad SMARTS) is 1. The summed E-state index contributed by atoms with van der Waals surface area (Å²) in [6.07, 6.45) is 0.378. The Bertz CT molecular complexity index is 713. The molecule has 0 aliphatic heterocycles. The number of carbonyl (C=O) groups is 2. The standard InChI is InChI=1S/C16H24N2O5S/c1-10(2)7-13(16(20)21)9-17-24(22,23)14-6-5-11(3)15(8-14)18-12(4)19/h5-6,8,10,13,17H,7,9H2,1-4H3,(H,18,19)(H,20,21). The molecule has 1 aromatic carbocycles. The number of aryl methyl sites for hydroxylation is 1. The van der Waals surface area contributed by atoms with Gasteiger partial charge in [0, 0.05) is 19.2 Å². The monoisotopic (exact) mass is 356 g/mol. The van der Waals surface area contributed by atoms with Gasteiger partial charge in [-0.05, 0) is 37.0 Å². The van der Waals surface area contributed by atoms with Crippen LogP contribution in [0.1, 0.15) is 32.8 Å². The van der Waals surface area contributed by atoms with E-state index in [-0.39, 0.29) is 23.3 Å². The van der Waals surface area contributed by atoms with E-state index in [0.717, 1.165) is 5.56 Å². The number of carbonyl (C=O) groups excluding carboxylic acids is 1. The number of rotatable bonds is 8. The molecule has 0 aliphatic rings. The molecule has 0 heterocycles. The molecule has 0 saturated heterocycles. The number of carboxylic acids is 1. The zero-order valence-electron chi connectivity index (χ0n) is 14.3. The first kappa shape index (κ1) is 20.1. The summed E-state index contributed by atoms with van der Waals surface area (Å²) >= 11 is 0. The van der Waals surface area contributed by atoms with E-state index in [0.29, 0.717) is 12.1 Å². The van der Waals surface area contributed by atoms with Crippen molar-refractivity contribution in [3.8, 4) is 0 Å². The van der Waals surface area contributed by atoms with E-state index in [4.69, 9.17) is 0 Å². The molecular formula is C16H24N2O5S. The van der Waals surface area contributed by atoms with Crippen LogP contribution in [0.5, 0.6) is 0 Å². The number of hydrogen-bond donors (Lipinski definition) is 3. The van der Waals surface area contributed by atoms with Crippen molar-refractivity contribution >= 4 is 27.6 Å². The molecule has 1 aromatic rings. The van der Waals surface area contributed by atoms with Gasteiger partial charge in [0.05, 0.1) is 10.8 Å². The van der Waals surface area contributed by atoms with Crippen molar-refractivity contribution in [1.29, 1.82) is 0 Å². The molecule has 1 amide bonds. The van der Waals surface area contributed by atoms with Crippen molar-refractivity contribution in [3.63, 3.8) is 0 Å². The van der Waals surface area contributed by atoms with Crippen LogP contribution in [0, 0.1) is 18.8 Å². The van der Waals surface area contributed by atoms with Crippen molar-refractivity contribution < 1.29 is 23.1 Å². The van der Waals surface area contributed by atoms with Gasteiger partial charge in [0.1, 0.15) is 0 Å². The molecule has 3 N–H and O–H groups in total. The number of aliphatic carboxylic acids is 1. The smallest absolute Gasteiger partial charge is 0.307 e. The summed E-state index contributed by atoms with van der Waals surface area (Å²) in [6.45, 7) is 6.66. The van der Waals surface area contributed by atoms with Gasteiger partial charge in [-0.2, -0.15) is 0 Å². The highest BCUT2D eigenvalue weighted by Crippen LogP contribution is 2.20. The summed E-state index contributed by atoms with van der Waals surface area (Å²) in [5.74, 6) is -1.99. The van der Waals surface area contributed by atoms with E-state index in [1.165, 1.54) is 19.1 Å². The van der Waals surface area contributed by atoms with Crippen molar-refractivity contribution in [3.05, 3.63) is 23.8 Å². The van der Waals surface area contributed by atoms with Crippen LogP contribution in [-0.2, 0) is 19.6 Å². The molecule has 0 fully saturated rings. The maximum atomic E-state index is 12.4. The minimum Gasteiger partial charge on any atom is -0.481 e. The fourth-order valence-corrected chi connectivity index (χ4v) is 3.33. The number of sulfonamides is 1. The van der Waals surface area contributed by atoms with Gasteiger partial charge in [0.25, 0.3) is 0 Å². The van der Waals surface area contributed by atoms with Gasteiger partial charge in [-0.3, -0.25) is 9.59 Å². The van der Waals surface area contributed by atoms with Gasteiger partial charge in [-0.1, -0.05) is 19.9 Å². The minimum atomic E-state index is -3.86. The van der Waals surface area contributed by atoms with Crippen molar-refractivity contribution in [1.82, 2.24) is 4.72 Å². The summed E-state index contributed by atoms with van der Waals surface area (Å²) in [5, 5.41) is 11.8. The minimum absolute atomic E-state index is 0.0227. The van der Waals surface area contributed by atoms with Gasteiger partial charge in [-0.25, -0.2) is 13.1 Å². The molecule has 1 unspecified atom stereocenters. The fourth-order valence-electron chi connectivity index (χ4n) is 2.23. The molecule has 134 valence electrons. The van der Waals surface area contributed by atoms with Gasteiger partial charge in [0.2, 0.25) is 15.9 Å². The molecule has 0 aliphatic carbocycles. The maximum Gasteiger partial charge on any atom is 0.307 e. The molecule has 0 aromatic heterocycles. The second-order valence-electron chi connectivity index (χ2n) is 6.17. The number of anilines is 1. The highest BCUT2D eigenvalue weighted by atomic mass is 32.2. The molecule has 7 nitrogen and oxygen atoms in total. The molecular weight excluding hydrogens is 332 g/mol. The fraction of sp³-hybridized carbons (Fsp3) is 0.500. The predicted octanol–water partition coefficient (Wildman–Crippen LogP) is 1.98. The normalized spacial score (nSPS) is 12.9. The lowest BCUT2D eigenvalue weighted by atomic mass is 9.98. The first-order valence-electron chi connectivity index (χ1n) is 7.63. The van der Waals surface area contributed by atoms with Crippen LogP contribution in [-0.4, -0.2) is 31.9 Å². The number of amides is 1. The largest absolute Gasteiger partial charge is 0.481 e. The van der Waals surface area contributed by atoms with E-state index in [2.05, 4.69) is 10.0 Å². The predicted molar refractivity (Wildman–Crippen MR) is 91.3 cm³/mol. The first-order valence-corrected chi connectivity index (χ1v) is 9.12. The van der Waals surface area contributed by atoms with Crippen molar-refractivity contribution in [2.75, 3.05) is 11.9 Å². The Kier molecular flexibility index (Phi) is 6.92. The topological polar surface area (TPSA) is 113 Å². The molecule has 0 radical (unpaired) electrons. The highest BCUT2D eigenvalue weighted by molar-refractivity contribution is 7.89. The Hall–Kier alpha value is -1.93. The molecule has 1 rings (SSSR count). The Morgan fingerprint density at radius 2 is 1.88 bits per heavy atom. The van der Waals surface area contributed by atoms with Gasteiger partial charge < -0.3 is 10.4 Å². The van der Waals surface area contributed by atoms with Crippen LogP contribution >= 0.6 is 0 Å². The third-order valence-electron chi connectivity index (χ3n) is 3.45. The van der Waals surface area contributed by atoms with Crippen LogP contribution in [0.15, 0.2) is 23.1 Å². The maximum absolute atomic E-state index is 12.4. The number of benzene rings is 1. The Morgan fingerprint density at radius 1 is 1.25 bits per heavy atom. The van der Waals surface area contributed by atoms with Crippen LogP contribution < -0.4 is 10.0 Å². The lowest BCUT2D eigenvalue weighted by molar-refractivity contribution is -0.142. The van der Waals surface area contributed by atoms with E-state index in [1.807, 2.05) is 13.8 Å². The van der Waals surface area contributed by atoms with Gasteiger partial charge in [0.15, 0.2) is 0 Å². The molecule has 0 spiro atoms. The van der Waals surface area contributed by atoms with Crippen molar-refractivity contribution in [2.24, 2.45) is 11.8 Å². The number of hydrogen-bond acceptors (Lipinski definition) is 4. The third kappa shape index (κ3) is 5.93. The van der Waals surface area contributed by atoms with Gasteiger partial charge in [-0.15, -0.1) is 0 Å². The summed E-state index contributed by atoms with van der Waals surface area (Å²) in [7, 11) is -3.86. The molecule has 0 bridgehead atoms. The third-order valence-corrected chi connectivity index (χ3v) is 4.88. The quantitative estimate of drug-likeness (QED) is 0.659. The highest BCUT2D eigenvalue weighted by Gasteiger charge is 2.23. The molecule has 0 saturated carbocycles. The van der Waals surface area contributed by atoms with Crippen molar-refractivity contribution in [2.45, 2.75) is 39.0 Å². The van der Waals surface area contributed by atoms with Crippen LogP contribution in [0.4, 0.5) is 5.69 Å². The van der Waals surface area contributed by atoms with Crippen LogP contribution in [0.2, 0.25) is 0 Å². The lowest BCUT2D eigenvalue weighted by Crippen LogP contribution is -2.33. The first-order chi connectivity index (χ1) is 11.0.